The van der Waals surface area contributed by atoms with Crippen molar-refractivity contribution in [3.8, 4) is 6.07 Å². The molecule has 6 nitrogen and oxygen atoms in total. The van der Waals surface area contributed by atoms with E-state index in [0.717, 1.165) is 11.3 Å². The molecule has 1 aromatic heterocycles. The molecule has 110 valence electrons. The summed E-state index contributed by atoms with van der Waals surface area (Å²) in [7, 11) is -2.04. The third-order valence-corrected chi connectivity index (χ3v) is 4.80. The first-order valence-corrected chi connectivity index (χ1v) is 7.88. The lowest BCUT2D eigenvalue weighted by Crippen LogP contribution is -2.23. The van der Waals surface area contributed by atoms with Crippen molar-refractivity contribution in [2.24, 2.45) is 7.05 Å². The maximum atomic E-state index is 12.3. The van der Waals surface area contributed by atoms with Crippen LogP contribution in [0.5, 0.6) is 0 Å². The predicted molar refractivity (Wildman–Crippen MR) is 78.1 cm³/mol. The van der Waals surface area contributed by atoms with Crippen LogP contribution in [0, 0.1) is 18.3 Å². The van der Waals surface area contributed by atoms with Crippen LogP contribution in [0.2, 0.25) is 5.02 Å². The molecule has 0 aliphatic heterocycles. The second-order valence-electron chi connectivity index (χ2n) is 4.49. The fourth-order valence-electron chi connectivity index (χ4n) is 1.85. The van der Waals surface area contributed by atoms with Crippen molar-refractivity contribution in [3.63, 3.8) is 0 Å². The Morgan fingerprint density at radius 2 is 2.19 bits per heavy atom. The first-order valence-electron chi connectivity index (χ1n) is 6.02. The minimum absolute atomic E-state index is 0.0735. The van der Waals surface area contributed by atoms with Crippen LogP contribution >= 0.6 is 11.6 Å². The van der Waals surface area contributed by atoms with Gasteiger partial charge in [0.25, 0.3) is 0 Å². The summed E-state index contributed by atoms with van der Waals surface area (Å²) in [6, 6.07) is 6.00. The van der Waals surface area contributed by atoms with Gasteiger partial charge in [0, 0.05) is 25.4 Å². The Kier molecular flexibility index (Phi) is 4.32. The second kappa shape index (κ2) is 5.85. The Hall–Kier alpha value is -1.88. The largest absolute Gasteiger partial charge is 0.275 e. The van der Waals surface area contributed by atoms with Crippen LogP contribution in [0.4, 0.5) is 0 Å². The molecule has 1 heterocycles. The third kappa shape index (κ3) is 3.42. The molecule has 0 unspecified atom stereocenters. The van der Waals surface area contributed by atoms with E-state index in [2.05, 4.69) is 9.82 Å². The van der Waals surface area contributed by atoms with E-state index >= 15 is 0 Å². The maximum absolute atomic E-state index is 12.3. The van der Waals surface area contributed by atoms with E-state index in [1.807, 2.05) is 6.07 Å². The fraction of sp³-hybridized carbons (Fsp3) is 0.231. The first-order chi connectivity index (χ1) is 9.83. The van der Waals surface area contributed by atoms with Gasteiger partial charge >= 0.3 is 0 Å². The molecule has 0 aliphatic rings. The lowest BCUT2D eigenvalue weighted by molar-refractivity contribution is 0.581. The Bertz CT molecular complexity index is 821. The summed E-state index contributed by atoms with van der Waals surface area (Å²) >= 11 is 5.91. The number of nitrogens with one attached hydrogen (secondary N) is 1. The summed E-state index contributed by atoms with van der Waals surface area (Å²) in [4.78, 5) is -0.107. The minimum Gasteiger partial charge on any atom is -0.275 e. The highest BCUT2D eigenvalue weighted by Gasteiger charge is 2.19. The summed E-state index contributed by atoms with van der Waals surface area (Å²) < 4.78 is 28.6. The standard InChI is InChI=1S/C13H13ClN4O2S/c1-9-11(8-18(2)17-9)7-16-21(19,20)13-5-10(6-15)3-4-12(13)14/h3-5,8,16H,7H2,1-2H3. The van der Waals surface area contributed by atoms with Crippen molar-refractivity contribution in [2.75, 3.05) is 0 Å². The summed E-state index contributed by atoms with van der Waals surface area (Å²) in [6.07, 6.45) is 1.74. The van der Waals surface area contributed by atoms with Crippen LogP contribution in [0.3, 0.4) is 0 Å². The van der Waals surface area contributed by atoms with Crippen LogP contribution in [-0.2, 0) is 23.6 Å². The number of hydrogen-bond acceptors (Lipinski definition) is 4. The second-order valence-corrected chi connectivity index (χ2v) is 6.64. The molecule has 0 spiro atoms. The molecule has 0 radical (unpaired) electrons. The van der Waals surface area contributed by atoms with Crippen molar-refractivity contribution in [2.45, 2.75) is 18.4 Å². The molecule has 1 aromatic carbocycles. The monoisotopic (exact) mass is 324 g/mol. The number of benzene rings is 1. The third-order valence-electron chi connectivity index (χ3n) is 2.92. The summed E-state index contributed by atoms with van der Waals surface area (Å²) in [5.74, 6) is 0. The highest BCUT2D eigenvalue weighted by atomic mass is 35.5. The average Bonchev–Trinajstić information content (AvgIpc) is 2.75. The van der Waals surface area contributed by atoms with Crippen LogP contribution in [0.1, 0.15) is 16.8 Å². The maximum Gasteiger partial charge on any atom is 0.242 e. The van der Waals surface area contributed by atoms with Crippen molar-refractivity contribution < 1.29 is 8.42 Å². The Balaban J connectivity index is 2.27. The van der Waals surface area contributed by atoms with E-state index in [4.69, 9.17) is 16.9 Å². The topological polar surface area (TPSA) is 87.8 Å². The summed E-state index contributed by atoms with van der Waals surface area (Å²) in [6.45, 7) is 1.90. The van der Waals surface area contributed by atoms with Crippen molar-refractivity contribution in [1.29, 1.82) is 5.26 Å². The number of nitriles is 1. The van der Waals surface area contributed by atoms with Crippen LogP contribution in [-0.4, -0.2) is 18.2 Å². The molecule has 0 saturated heterocycles. The molecular formula is C13H13ClN4O2S. The zero-order valence-corrected chi connectivity index (χ0v) is 13.0. The number of aryl methyl sites for hydroxylation is 2. The van der Waals surface area contributed by atoms with Gasteiger partial charge in [-0.15, -0.1) is 0 Å². The molecule has 0 amide bonds. The van der Waals surface area contributed by atoms with Gasteiger partial charge in [0.2, 0.25) is 10.0 Å². The van der Waals surface area contributed by atoms with Gasteiger partial charge in [0.1, 0.15) is 4.90 Å². The van der Waals surface area contributed by atoms with Gasteiger partial charge in [-0.3, -0.25) is 4.68 Å². The highest BCUT2D eigenvalue weighted by Crippen LogP contribution is 2.22. The minimum atomic E-state index is -3.80. The van der Waals surface area contributed by atoms with Crippen molar-refractivity contribution in [3.05, 3.63) is 46.2 Å². The fourth-order valence-corrected chi connectivity index (χ4v) is 3.38. The molecule has 0 aliphatic carbocycles. The van der Waals surface area contributed by atoms with Gasteiger partial charge in [0.15, 0.2) is 0 Å². The Morgan fingerprint density at radius 1 is 1.48 bits per heavy atom. The molecular weight excluding hydrogens is 312 g/mol. The Labute approximate surface area is 128 Å². The number of hydrogen-bond donors (Lipinski definition) is 1. The number of rotatable bonds is 4. The molecule has 2 aromatic rings. The van der Waals surface area contributed by atoms with E-state index in [1.54, 1.807) is 24.9 Å². The normalized spacial score (nSPS) is 11.3. The lowest BCUT2D eigenvalue weighted by Gasteiger charge is -2.08. The van der Waals surface area contributed by atoms with Crippen LogP contribution < -0.4 is 4.72 Å². The first kappa shape index (κ1) is 15.5. The van der Waals surface area contributed by atoms with Gasteiger partial charge in [0.05, 0.1) is 22.3 Å². The van der Waals surface area contributed by atoms with Crippen molar-refractivity contribution in [1.82, 2.24) is 14.5 Å². The number of halogens is 1. The average molecular weight is 325 g/mol. The van der Waals surface area contributed by atoms with Gasteiger partial charge in [-0.25, -0.2) is 13.1 Å². The molecule has 0 bridgehead atoms. The number of aromatic nitrogens is 2. The smallest absolute Gasteiger partial charge is 0.242 e. The van der Waals surface area contributed by atoms with Gasteiger partial charge in [-0.2, -0.15) is 10.4 Å². The van der Waals surface area contributed by atoms with Crippen LogP contribution in [0.25, 0.3) is 0 Å². The molecule has 2 rings (SSSR count). The molecule has 1 N–H and O–H groups in total. The molecule has 8 heteroatoms. The van der Waals surface area contributed by atoms with E-state index in [9.17, 15) is 8.42 Å². The molecule has 0 fully saturated rings. The molecule has 0 atom stereocenters. The van der Waals surface area contributed by atoms with Crippen LogP contribution in [0.15, 0.2) is 29.3 Å². The zero-order chi connectivity index (χ0) is 15.6. The quantitative estimate of drug-likeness (QED) is 0.927. The number of nitrogens with zero attached hydrogens (tertiary/aromatic N) is 3. The SMILES string of the molecule is Cc1nn(C)cc1CNS(=O)(=O)c1cc(C#N)ccc1Cl. The lowest BCUT2D eigenvalue weighted by atomic mass is 10.2. The van der Waals surface area contributed by atoms with E-state index in [1.165, 1.54) is 18.2 Å². The van der Waals surface area contributed by atoms with E-state index in [0.29, 0.717) is 0 Å². The molecule has 0 saturated carbocycles. The van der Waals surface area contributed by atoms with E-state index in [-0.39, 0.29) is 22.0 Å². The summed E-state index contributed by atoms with van der Waals surface area (Å²) in [5.41, 5.74) is 1.75. The predicted octanol–water partition coefficient (Wildman–Crippen LogP) is 1.73. The van der Waals surface area contributed by atoms with Gasteiger partial charge in [-0.05, 0) is 25.1 Å². The number of sulfonamides is 1. The summed E-state index contributed by atoms with van der Waals surface area (Å²) in [5, 5.41) is 13.1. The molecule has 21 heavy (non-hydrogen) atoms. The van der Waals surface area contributed by atoms with Gasteiger partial charge in [-0.1, -0.05) is 11.6 Å². The zero-order valence-electron chi connectivity index (χ0n) is 11.5. The highest BCUT2D eigenvalue weighted by molar-refractivity contribution is 7.89. The van der Waals surface area contributed by atoms with Crippen molar-refractivity contribution >= 4 is 21.6 Å². The van der Waals surface area contributed by atoms with E-state index < -0.39 is 10.0 Å². The Morgan fingerprint density at radius 3 is 2.76 bits per heavy atom. The van der Waals surface area contributed by atoms with Gasteiger partial charge < -0.3 is 0 Å².